The van der Waals surface area contributed by atoms with E-state index >= 15 is 0 Å². The van der Waals surface area contributed by atoms with Gasteiger partial charge in [-0.2, -0.15) is 0 Å². The normalized spacial score (nSPS) is 13.1. The predicted molar refractivity (Wildman–Crippen MR) is 106 cm³/mol. The van der Waals surface area contributed by atoms with E-state index in [9.17, 15) is 18.8 Å². The number of aromatic amines is 1. The topological polar surface area (TPSA) is 91.5 Å². The van der Waals surface area contributed by atoms with Crippen molar-refractivity contribution in [3.8, 4) is 0 Å². The molecule has 0 spiro atoms. The summed E-state index contributed by atoms with van der Waals surface area (Å²) in [6.45, 7) is 5.19. The Morgan fingerprint density at radius 2 is 2.00 bits per heavy atom. The van der Waals surface area contributed by atoms with Gasteiger partial charge in [0, 0.05) is 23.0 Å². The van der Waals surface area contributed by atoms with Crippen LogP contribution in [0, 0.1) is 19.7 Å². The second-order valence-corrected chi connectivity index (χ2v) is 7.07. The summed E-state index contributed by atoms with van der Waals surface area (Å²) in [6.07, 6.45) is 1.62. The van der Waals surface area contributed by atoms with E-state index < -0.39 is 17.8 Å². The third kappa shape index (κ3) is 4.64. The van der Waals surface area contributed by atoms with Gasteiger partial charge in [0.05, 0.1) is 13.2 Å². The average molecular weight is 401 g/mol. The predicted octanol–water partition coefficient (Wildman–Crippen LogP) is 3.83. The molecular weight excluding hydrogens is 377 g/mol. The van der Waals surface area contributed by atoms with Gasteiger partial charge >= 0.3 is 12.0 Å². The van der Waals surface area contributed by atoms with Crippen molar-refractivity contribution in [3.05, 3.63) is 52.6 Å². The molecule has 1 aliphatic rings. The number of urea groups is 1. The fourth-order valence-corrected chi connectivity index (χ4v) is 3.32. The molecule has 1 heterocycles. The molecule has 0 bridgehead atoms. The molecule has 0 atom stereocenters. The van der Waals surface area contributed by atoms with Gasteiger partial charge in [-0.25, -0.2) is 14.0 Å². The Bertz CT molecular complexity index is 949. The van der Waals surface area contributed by atoms with Crippen molar-refractivity contribution >= 4 is 23.5 Å². The molecule has 1 aromatic heterocycles. The number of nitrogens with one attached hydrogen (secondary N) is 2. The second kappa shape index (κ2) is 8.46. The summed E-state index contributed by atoms with van der Waals surface area (Å²) in [5.74, 6) is -1.25. The fraction of sp³-hybridized carbons (Fsp3) is 0.381. The van der Waals surface area contributed by atoms with Gasteiger partial charge in [0.1, 0.15) is 11.5 Å². The summed E-state index contributed by atoms with van der Waals surface area (Å²) in [6, 6.07) is 5.10. The van der Waals surface area contributed by atoms with E-state index in [1.807, 2.05) is 0 Å². The lowest BCUT2D eigenvalue weighted by Gasteiger charge is -2.22. The monoisotopic (exact) mass is 401 g/mol. The first-order valence-electron chi connectivity index (χ1n) is 9.54. The van der Waals surface area contributed by atoms with E-state index in [-0.39, 0.29) is 30.7 Å². The maximum atomic E-state index is 13.4. The largest absolute Gasteiger partial charge is 0.461 e. The third-order valence-corrected chi connectivity index (χ3v) is 4.83. The Kier molecular flexibility index (Phi) is 6.00. The van der Waals surface area contributed by atoms with Crippen molar-refractivity contribution in [1.29, 1.82) is 0 Å². The highest BCUT2D eigenvalue weighted by Crippen LogP contribution is 2.29. The quantitative estimate of drug-likeness (QED) is 0.545. The Balaban J connectivity index is 1.77. The maximum Gasteiger partial charge on any atom is 0.355 e. The van der Waals surface area contributed by atoms with Crippen molar-refractivity contribution in [2.45, 2.75) is 39.7 Å². The number of aromatic nitrogens is 1. The number of H-pyrrole nitrogens is 1. The van der Waals surface area contributed by atoms with Crippen LogP contribution in [-0.4, -0.2) is 46.9 Å². The number of ether oxygens (including phenoxy) is 1. The molecule has 1 aliphatic carbocycles. The Morgan fingerprint density at radius 3 is 2.62 bits per heavy atom. The number of esters is 1. The number of halogens is 1. The van der Waals surface area contributed by atoms with Crippen LogP contribution >= 0.6 is 0 Å². The summed E-state index contributed by atoms with van der Waals surface area (Å²) < 4.78 is 18.4. The highest BCUT2D eigenvalue weighted by atomic mass is 19.1. The van der Waals surface area contributed by atoms with Crippen LogP contribution in [-0.2, 0) is 4.74 Å². The van der Waals surface area contributed by atoms with Crippen LogP contribution in [0.25, 0.3) is 0 Å². The number of carbonyl (C=O) groups is 3. The van der Waals surface area contributed by atoms with Crippen LogP contribution < -0.4 is 5.32 Å². The van der Waals surface area contributed by atoms with Gasteiger partial charge in [-0.05, 0) is 57.4 Å². The highest BCUT2D eigenvalue weighted by molar-refractivity contribution is 6.05. The van der Waals surface area contributed by atoms with Gasteiger partial charge in [-0.1, -0.05) is 6.07 Å². The summed E-state index contributed by atoms with van der Waals surface area (Å²) in [5, 5.41) is 2.64. The summed E-state index contributed by atoms with van der Waals surface area (Å²) in [7, 11) is 0. The van der Waals surface area contributed by atoms with Crippen LogP contribution in [0.4, 0.5) is 14.9 Å². The lowest BCUT2D eigenvalue weighted by Crippen LogP contribution is -2.40. The molecule has 1 fully saturated rings. The zero-order chi connectivity index (χ0) is 21.1. The summed E-state index contributed by atoms with van der Waals surface area (Å²) in [4.78, 5) is 42.1. The molecule has 29 heavy (non-hydrogen) atoms. The number of anilines is 1. The van der Waals surface area contributed by atoms with Gasteiger partial charge in [-0.3, -0.25) is 4.79 Å². The van der Waals surface area contributed by atoms with Gasteiger partial charge in [0.15, 0.2) is 5.78 Å². The smallest absolute Gasteiger partial charge is 0.355 e. The number of aryl methyl sites for hydroxylation is 1. The van der Waals surface area contributed by atoms with E-state index in [0.29, 0.717) is 22.5 Å². The van der Waals surface area contributed by atoms with Gasteiger partial charge < -0.3 is 19.9 Å². The number of carbonyl (C=O) groups excluding carboxylic acids is 3. The minimum atomic E-state index is -0.518. The first kappa shape index (κ1) is 20.6. The molecule has 0 aliphatic heterocycles. The van der Waals surface area contributed by atoms with Gasteiger partial charge in [-0.15, -0.1) is 0 Å². The molecule has 0 unspecified atom stereocenters. The van der Waals surface area contributed by atoms with Gasteiger partial charge in [0.2, 0.25) is 0 Å². The lowest BCUT2D eigenvalue weighted by atomic mass is 10.1. The first-order valence-corrected chi connectivity index (χ1v) is 9.54. The number of nitrogens with zero attached hydrogens (tertiary/aromatic N) is 1. The second-order valence-electron chi connectivity index (χ2n) is 7.07. The van der Waals surface area contributed by atoms with E-state index in [0.717, 1.165) is 12.8 Å². The highest BCUT2D eigenvalue weighted by Gasteiger charge is 2.35. The Hall–Kier alpha value is -3.16. The molecule has 1 aromatic carbocycles. The van der Waals surface area contributed by atoms with Crippen LogP contribution in [0.2, 0.25) is 0 Å². The van der Waals surface area contributed by atoms with Crippen LogP contribution in [0.15, 0.2) is 24.3 Å². The van der Waals surface area contributed by atoms with Crippen LogP contribution in [0.3, 0.4) is 0 Å². The standard InChI is InChI=1S/C21H24FN3O4/c1-4-29-20(27)19-12(2)18(13(3)23-19)17(26)11-25(16-8-9-16)21(28)24-15-7-5-6-14(22)10-15/h5-7,10,16,23H,4,8-9,11H2,1-3H3,(H,24,28). The SMILES string of the molecule is CCOC(=O)c1[nH]c(C)c(C(=O)CN(C(=O)Nc2cccc(F)c2)C2CC2)c1C. The Morgan fingerprint density at radius 1 is 1.28 bits per heavy atom. The Labute approximate surface area is 168 Å². The molecule has 3 rings (SSSR count). The number of rotatable bonds is 7. The summed E-state index contributed by atoms with van der Waals surface area (Å²) in [5.41, 5.74) is 2.02. The van der Waals surface area contributed by atoms with E-state index in [1.165, 1.54) is 23.1 Å². The minimum absolute atomic E-state index is 0.0309. The zero-order valence-corrected chi connectivity index (χ0v) is 16.7. The molecule has 154 valence electrons. The summed E-state index contributed by atoms with van der Waals surface area (Å²) >= 11 is 0. The lowest BCUT2D eigenvalue weighted by molar-refractivity contribution is 0.0519. The molecule has 7 nitrogen and oxygen atoms in total. The molecule has 8 heteroatoms. The minimum Gasteiger partial charge on any atom is -0.461 e. The van der Waals surface area contributed by atoms with Gasteiger partial charge in [0.25, 0.3) is 0 Å². The number of benzene rings is 1. The maximum absolute atomic E-state index is 13.4. The van der Waals surface area contributed by atoms with Crippen molar-refractivity contribution < 1.29 is 23.5 Å². The van der Waals surface area contributed by atoms with E-state index in [2.05, 4.69) is 10.3 Å². The number of hydrogen-bond donors (Lipinski definition) is 2. The van der Waals surface area contributed by atoms with Crippen molar-refractivity contribution in [1.82, 2.24) is 9.88 Å². The molecule has 2 N–H and O–H groups in total. The fourth-order valence-electron chi connectivity index (χ4n) is 3.32. The number of ketones is 1. The molecule has 2 amide bonds. The van der Waals surface area contributed by atoms with Crippen LogP contribution in [0.5, 0.6) is 0 Å². The molecule has 0 radical (unpaired) electrons. The third-order valence-electron chi connectivity index (χ3n) is 4.83. The molecule has 2 aromatic rings. The molecular formula is C21H24FN3O4. The van der Waals surface area contributed by atoms with E-state index in [1.54, 1.807) is 26.8 Å². The first-order chi connectivity index (χ1) is 13.8. The number of hydrogen-bond acceptors (Lipinski definition) is 4. The number of amides is 2. The number of Topliss-reactive ketones (excluding diaryl/α,β-unsaturated/α-hetero) is 1. The van der Waals surface area contributed by atoms with Crippen molar-refractivity contribution in [2.24, 2.45) is 0 Å². The van der Waals surface area contributed by atoms with Crippen LogP contribution in [0.1, 0.15) is 51.9 Å². The average Bonchev–Trinajstić information content (AvgIpc) is 3.44. The molecule has 1 saturated carbocycles. The van der Waals surface area contributed by atoms with Crippen molar-refractivity contribution in [3.63, 3.8) is 0 Å². The van der Waals surface area contributed by atoms with E-state index in [4.69, 9.17) is 4.74 Å². The zero-order valence-electron chi connectivity index (χ0n) is 16.7. The van der Waals surface area contributed by atoms with Crippen molar-refractivity contribution in [2.75, 3.05) is 18.5 Å². The molecule has 0 saturated heterocycles.